The van der Waals surface area contributed by atoms with E-state index in [1.54, 1.807) is 0 Å². The molecule has 3 N–H and O–H groups in total. The van der Waals surface area contributed by atoms with Crippen LogP contribution in [0.5, 0.6) is 0 Å². The highest BCUT2D eigenvalue weighted by Crippen LogP contribution is 2.45. The molecule has 5 unspecified atom stereocenters. The molecule has 614 valence electrons. The first-order valence-corrected chi connectivity index (χ1v) is 44.4. The molecule has 0 aromatic carbocycles. The standard InChI is InChI=1S/C89H146O17P2/c1-5-9-13-17-21-25-29-33-36-39-41-44-47-51-54-58-62-66-70-74-87(92)100-80-85(106-89(94)76-72-68-64-60-56-52-48-45-42-40-37-34-30-26-22-18-14-10-6-2)82-104-108(97,98)102-78-83(90)77-101-107(95,96)103-81-84(105-88(93)75-71-67-63-59-55-49-32-28-24-20-16-12-8-4)79-99-86(91)73-69-65-61-57-53-50-46-43-38-35-31-27-23-19-15-11-7-3/h9,11,13,15-16,20-23,25-28,32-38,41-42,44-45,51,54,62,66,83-85,90H,5-8,10,12,14,17-19,24,29-31,39-40,43,46-50,52-53,55-61,63-65,67-82H2,1-4H3,(H,95,96)(H,97,98)/b13-9-,15-11-,20-16-,25-21-,26-22-,27-23-,32-28-,36-33-,37-34-,38-35-,44-41-,45-42-,54-51-,66-62-. The number of aliphatic hydroxyl groups is 1. The number of phosphoric ester groups is 2. The van der Waals surface area contributed by atoms with Crippen molar-refractivity contribution in [2.24, 2.45) is 0 Å². The maximum Gasteiger partial charge on any atom is 0.472 e. The Balaban J connectivity index is 5.47. The molecule has 0 aromatic heterocycles. The zero-order valence-electron chi connectivity index (χ0n) is 67.2. The Bertz CT molecular complexity index is 2710. The highest BCUT2D eigenvalue weighted by atomic mass is 31.2. The molecule has 0 rings (SSSR count). The number of carbonyl (C=O) groups excluding carboxylic acids is 4. The SMILES string of the molecule is CC/C=C\C/C=C\C/C=C\C/C=C\C/C=C\C/C=C\CCC(=O)OCC(COP(=O)(O)OCC(O)COP(=O)(O)OCC(COC(=O)CCCCCCCCC/C=C\C/C=C\C/C=C\CC)OC(=O)CCCCCCC/C=C\C/C=C\CCC)OC(=O)CCCCCCCC/C=C\C/C=C\C/C=C\CCCCC. The van der Waals surface area contributed by atoms with Gasteiger partial charge in [0, 0.05) is 25.7 Å². The summed E-state index contributed by atoms with van der Waals surface area (Å²) in [6.45, 7) is 4.43. The van der Waals surface area contributed by atoms with Crippen LogP contribution in [0.4, 0.5) is 0 Å². The summed E-state index contributed by atoms with van der Waals surface area (Å²) in [5.74, 6) is -2.32. The Hall–Kier alpha value is -5.58. The molecular weight excluding hydrogens is 1400 g/mol. The molecule has 19 heteroatoms. The number of ether oxygens (including phenoxy) is 4. The van der Waals surface area contributed by atoms with Crippen molar-refractivity contribution in [1.82, 2.24) is 0 Å². The summed E-state index contributed by atoms with van der Waals surface area (Å²) in [7, 11) is -10.0. The number of hydrogen-bond donors (Lipinski definition) is 3. The Morgan fingerprint density at radius 2 is 0.519 bits per heavy atom. The minimum Gasteiger partial charge on any atom is -0.462 e. The van der Waals surface area contributed by atoms with Gasteiger partial charge in [-0.15, -0.1) is 0 Å². The second-order valence-electron chi connectivity index (χ2n) is 26.9. The fraction of sp³-hybridized carbons (Fsp3) is 0.640. The van der Waals surface area contributed by atoms with Crippen molar-refractivity contribution in [2.45, 2.75) is 329 Å². The van der Waals surface area contributed by atoms with Crippen molar-refractivity contribution in [3.63, 3.8) is 0 Å². The smallest absolute Gasteiger partial charge is 0.462 e. The normalized spacial score (nSPS) is 14.7. The van der Waals surface area contributed by atoms with Crippen LogP contribution in [0, 0.1) is 0 Å². The van der Waals surface area contributed by atoms with E-state index in [0.717, 1.165) is 205 Å². The number of rotatable bonds is 76. The van der Waals surface area contributed by atoms with E-state index in [2.05, 4.69) is 180 Å². The van der Waals surface area contributed by atoms with Crippen LogP contribution in [-0.2, 0) is 65.4 Å². The summed E-state index contributed by atoms with van der Waals surface area (Å²) in [4.78, 5) is 73.1. The minimum absolute atomic E-state index is 0.0274. The van der Waals surface area contributed by atoms with Gasteiger partial charge in [0.15, 0.2) is 12.2 Å². The molecule has 0 aliphatic carbocycles. The lowest BCUT2D eigenvalue weighted by Gasteiger charge is -2.21. The summed E-state index contributed by atoms with van der Waals surface area (Å²) in [5.41, 5.74) is 0. The second kappa shape index (κ2) is 79.5. The molecule has 0 aliphatic rings. The number of hydrogen-bond acceptors (Lipinski definition) is 15. The number of esters is 4. The molecule has 0 aromatic rings. The van der Waals surface area contributed by atoms with Crippen LogP contribution >= 0.6 is 15.6 Å². The number of unbranched alkanes of at least 4 members (excludes halogenated alkanes) is 22. The molecule has 0 heterocycles. The highest BCUT2D eigenvalue weighted by Gasteiger charge is 2.30. The van der Waals surface area contributed by atoms with Crippen molar-refractivity contribution in [2.75, 3.05) is 39.6 Å². The summed E-state index contributed by atoms with van der Waals surface area (Å²) in [6.07, 6.45) is 94.8. The molecule has 0 spiro atoms. The van der Waals surface area contributed by atoms with Crippen molar-refractivity contribution in [3.8, 4) is 0 Å². The quantitative estimate of drug-likeness (QED) is 0.0169. The molecule has 0 saturated heterocycles. The fourth-order valence-corrected chi connectivity index (χ4v) is 12.0. The van der Waals surface area contributed by atoms with Crippen molar-refractivity contribution in [1.29, 1.82) is 0 Å². The van der Waals surface area contributed by atoms with Crippen LogP contribution in [0.25, 0.3) is 0 Å². The van der Waals surface area contributed by atoms with Crippen LogP contribution < -0.4 is 0 Å². The fourth-order valence-electron chi connectivity index (χ4n) is 10.4. The monoisotopic (exact) mass is 1550 g/mol. The van der Waals surface area contributed by atoms with E-state index < -0.39 is 97.5 Å². The average molecular weight is 1550 g/mol. The lowest BCUT2D eigenvalue weighted by atomic mass is 10.1. The van der Waals surface area contributed by atoms with Gasteiger partial charge in [-0.25, -0.2) is 9.13 Å². The van der Waals surface area contributed by atoms with Gasteiger partial charge in [-0.2, -0.15) is 0 Å². The number of aliphatic hydroxyl groups excluding tert-OH is 1. The van der Waals surface area contributed by atoms with E-state index in [1.807, 2.05) is 18.2 Å². The van der Waals surface area contributed by atoms with Gasteiger partial charge < -0.3 is 33.8 Å². The van der Waals surface area contributed by atoms with Gasteiger partial charge in [0.05, 0.1) is 26.4 Å². The van der Waals surface area contributed by atoms with Gasteiger partial charge in [-0.3, -0.25) is 37.3 Å². The van der Waals surface area contributed by atoms with Gasteiger partial charge in [0.1, 0.15) is 19.3 Å². The first kappa shape index (κ1) is 102. The molecule has 5 atom stereocenters. The maximum absolute atomic E-state index is 13.1. The number of allylic oxidation sites excluding steroid dienone is 28. The van der Waals surface area contributed by atoms with Crippen LogP contribution in [-0.4, -0.2) is 96.7 Å². The molecule has 0 aliphatic heterocycles. The van der Waals surface area contributed by atoms with Crippen LogP contribution in [0.15, 0.2) is 170 Å². The Labute approximate surface area is 654 Å². The maximum atomic E-state index is 13.1. The molecule has 17 nitrogen and oxygen atoms in total. The molecule has 0 bridgehead atoms. The zero-order valence-corrected chi connectivity index (χ0v) is 69.0. The minimum atomic E-state index is -5.01. The third-order valence-electron chi connectivity index (χ3n) is 16.6. The lowest BCUT2D eigenvalue weighted by molar-refractivity contribution is -0.161. The van der Waals surface area contributed by atoms with Gasteiger partial charge in [0.25, 0.3) is 0 Å². The average Bonchev–Trinajstić information content (AvgIpc) is 0.892. The van der Waals surface area contributed by atoms with Crippen molar-refractivity contribution >= 4 is 39.5 Å². The predicted octanol–water partition coefficient (Wildman–Crippen LogP) is 24.6. The lowest BCUT2D eigenvalue weighted by Crippen LogP contribution is -2.30. The molecule has 0 fully saturated rings. The largest absolute Gasteiger partial charge is 0.472 e. The summed E-state index contributed by atoms with van der Waals surface area (Å²) >= 11 is 0. The first-order valence-electron chi connectivity index (χ1n) is 41.4. The molecular formula is C89H146O17P2. The third-order valence-corrected chi connectivity index (χ3v) is 18.5. The van der Waals surface area contributed by atoms with Crippen LogP contribution in [0.2, 0.25) is 0 Å². The highest BCUT2D eigenvalue weighted by molar-refractivity contribution is 7.47. The Morgan fingerprint density at radius 3 is 0.833 bits per heavy atom. The summed E-state index contributed by atoms with van der Waals surface area (Å²) < 4.78 is 68.6. The molecule has 108 heavy (non-hydrogen) atoms. The van der Waals surface area contributed by atoms with Gasteiger partial charge in [0.2, 0.25) is 0 Å². The van der Waals surface area contributed by atoms with E-state index in [4.69, 9.17) is 37.0 Å². The van der Waals surface area contributed by atoms with E-state index in [9.17, 15) is 43.2 Å². The van der Waals surface area contributed by atoms with E-state index in [0.29, 0.717) is 32.1 Å². The second-order valence-corrected chi connectivity index (χ2v) is 29.8. The molecule has 0 saturated carbocycles. The van der Waals surface area contributed by atoms with Crippen molar-refractivity contribution < 1.29 is 80.2 Å². The molecule has 0 amide bonds. The van der Waals surface area contributed by atoms with Gasteiger partial charge >= 0.3 is 39.5 Å². The summed E-state index contributed by atoms with van der Waals surface area (Å²) in [5, 5.41) is 10.7. The zero-order chi connectivity index (χ0) is 78.9. The third kappa shape index (κ3) is 78.5. The predicted molar refractivity (Wildman–Crippen MR) is 445 cm³/mol. The topological polar surface area (TPSA) is 237 Å². The first-order chi connectivity index (χ1) is 52.7. The van der Waals surface area contributed by atoms with Crippen molar-refractivity contribution in [3.05, 3.63) is 170 Å². The van der Waals surface area contributed by atoms with Crippen LogP contribution in [0.1, 0.15) is 310 Å². The van der Waals surface area contributed by atoms with E-state index in [-0.39, 0.29) is 25.7 Å². The van der Waals surface area contributed by atoms with Gasteiger partial charge in [-0.05, 0) is 161 Å². The Morgan fingerprint density at radius 1 is 0.269 bits per heavy atom. The van der Waals surface area contributed by atoms with Crippen LogP contribution in [0.3, 0.4) is 0 Å². The van der Waals surface area contributed by atoms with E-state index >= 15 is 0 Å². The number of phosphoric acid groups is 2. The number of carbonyl (C=O) groups is 4. The van der Waals surface area contributed by atoms with Gasteiger partial charge in [-0.1, -0.05) is 294 Å². The van der Waals surface area contributed by atoms with E-state index in [1.165, 1.54) is 19.3 Å². The Kier molecular flexibility index (Phi) is 75.4. The summed E-state index contributed by atoms with van der Waals surface area (Å²) in [6, 6.07) is 0. The molecule has 0 radical (unpaired) electrons.